The van der Waals surface area contributed by atoms with Crippen molar-refractivity contribution in [2.45, 2.75) is 13.8 Å². The Hall–Kier alpha value is -2.14. The quantitative estimate of drug-likeness (QED) is 0.881. The highest BCUT2D eigenvalue weighted by Gasteiger charge is 2.19. The van der Waals surface area contributed by atoms with Gasteiger partial charge in [0.1, 0.15) is 4.88 Å². The Morgan fingerprint density at radius 3 is 2.40 bits per heavy atom. The van der Waals surface area contributed by atoms with Crippen molar-refractivity contribution in [3.63, 3.8) is 0 Å². The van der Waals surface area contributed by atoms with Crippen LogP contribution >= 0.6 is 11.3 Å². The van der Waals surface area contributed by atoms with E-state index in [0.717, 1.165) is 11.1 Å². The second kappa shape index (κ2) is 5.88. The topological polar surface area (TPSA) is 55.4 Å². The van der Waals surface area contributed by atoms with E-state index in [0.29, 0.717) is 16.1 Å². The molecule has 1 heterocycles. The van der Waals surface area contributed by atoms with Gasteiger partial charge in [-0.1, -0.05) is 17.7 Å². The molecule has 20 heavy (non-hydrogen) atoms. The molecule has 1 amide bonds. The van der Waals surface area contributed by atoms with Gasteiger partial charge in [-0.15, -0.1) is 11.3 Å². The van der Waals surface area contributed by atoms with E-state index in [1.54, 1.807) is 12.1 Å². The van der Waals surface area contributed by atoms with E-state index in [1.807, 2.05) is 31.4 Å². The van der Waals surface area contributed by atoms with Gasteiger partial charge in [-0.3, -0.25) is 4.79 Å². The normalized spacial score (nSPS) is 10.2. The van der Waals surface area contributed by atoms with Crippen molar-refractivity contribution < 1.29 is 14.3 Å². The van der Waals surface area contributed by atoms with Gasteiger partial charge in [-0.05, 0) is 36.9 Å². The van der Waals surface area contributed by atoms with Gasteiger partial charge < -0.3 is 10.1 Å². The number of carbonyl (C=O) groups excluding carboxylic acids is 2. The monoisotopic (exact) mass is 289 g/mol. The SMILES string of the molecule is COC(=O)c1scc(C)c1NC(=O)c1ccc(C)cc1. The van der Waals surface area contributed by atoms with Crippen LogP contribution in [0.25, 0.3) is 0 Å². The number of ether oxygens (including phenoxy) is 1. The molecule has 4 nitrogen and oxygen atoms in total. The lowest BCUT2D eigenvalue weighted by Crippen LogP contribution is -2.14. The summed E-state index contributed by atoms with van der Waals surface area (Å²) in [4.78, 5) is 24.2. The van der Waals surface area contributed by atoms with Crippen molar-refractivity contribution in [3.8, 4) is 0 Å². The number of esters is 1. The minimum Gasteiger partial charge on any atom is -0.465 e. The minimum atomic E-state index is -0.442. The van der Waals surface area contributed by atoms with Crippen LogP contribution in [0.3, 0.4) is 0 Å². The van der Waals surface area contributed by atoms with Gasteiger partial charge in [0.2, 0.25) is 0 Å². The van der Waals surface area contributed by atoms with Gasteiger partial charge in [0, 0.05) is 5.56 Å². The molecule has 0 unspecified atom stereocenters. The van der Waals surface area contributed by atoms with Crippen LogP contribution in [-0.4, -0.2) is 19.0 Å². The highest BCUT2D eigenvalue weighted by atomic mass is 32.1. The Bertz CT molecular complexity index is 644. The first-order valence-electron chi connectivity index (χ1n) is 6.07. The molecule has 0 fully saturated rings. The van der Waals surface area contributed by atoms with Crippen LogP contribution in [0.1, 0.15) is 31.2 Å². The van der Waals surface area contributed by atoms with Crippen LogP contribution in [0.2, 0.25) is 0 Å². The summed E-state index contributed by atoms with van der Waals surface area (Å²) in [6, 6.07) is 7.25. The van der Waals surface area contributed by atoms with E-state index in [1.165, 1.54) is 18.4 Å². The molecular weight excluding hydrogens is 274 g/mol. The summed E-state index contributed by atoms with van der Waals surface area (Å²) < 4.78 is 4.71. The summed E-state index contributed by atoms with van der Waals surface area (Å²) in [6.45, 7) is 3.80. The summed E-state index contributed by atoms with van der Waals surface area (Å²) in [7, 11) is 1.32. The first-order valence-corrected chi connectivity index (χ1v) is 6.95. The van der Waals surface area contributed by atoms with Gasteiger partial charge in [0.05, 0.1) is 12.8 Å². The number of carbonyl (C=O) groups is 2. The van der Waals surface area contributed by atoms with E-state index in [2.05, 4.69) is 5.32 Å². The molecule has 104 valence electrons. The van der Waals surface area contributed by atoms with Gasteiger partial charge in [-0.25, -0.2) is 4.79 Å². The van der Waals surface area contributed by atoms with Crippen molar-refractivity contribution in [1.29, 1.82) is 0 Å². The lowest BCUT2D eigenvalue weighted by atomic mass is 10.1. The Labute approximate surface area is 121 Å². The maximum absolute atomic E-state index is 12.2. The zero-order valence-corrected chi connectivity index (χ0v) is 12.3. The maximum atomic E-state index is 12.2. The Morgan fingerprint density at radius 2 is 1.80 bits per heavy atom. The Kier molecular flexibility index (Phi) is 4.20. The van der Waals surface area contributed by atoms with Crippen molar-refractivity contribution in [2.75, 3.05) is 12.4 Å². The van der Waals surface area contributed by atoms with Crippen LogP contribution in [-0.2, 0) is 4.74 Å². The standard InChI is InChI=1S/C15H15NO3S/c1-9-4-6-11(7-5-9)14(17)16-12-10(2)8-20-13(12)15(18)19-3/h4-8H,1-3H3,(H,16,17). The van der Waals surface area contributed by atoms with Crippen molar-refractivity contribution >= 4 is 28.9 Å². The fraction of sp³-hybridized carbons (Fsp3) is 0.200. The number of rotatable bonds is 3. The Balaban J connectivity index is 2.26. The predicted octanol–water partition coefficient (Wildman–Crippen LogP) is 3.40. The van der Waals surface area contributed by atoms with Gasteiger partial charge >= 0.3 is 5.97 Å². The number of anilines is 1. The van der Waals surface area contributed by atoms with Gasteiger partial charge in [-0.2, -0.15) is 0 Å². The first kappa shape index (κ1) is 14.3. The number of nitrogens with one attached hydrogen (secondary N) is 1. The summed E-state index contributed by atoms with van der Waals surface area (Å²) in [5, 5.41) is 4.60. The molecule has 0 aliphatic rings. The number of methoxy groups -OCH3 is 1. The average Bonchev–Trinajstić information content (AvgIpc) is 2.80. The highest BCUT2D eigenvalue weighted by molar-refractivity contribution is 7.12. The average molecular weight is 289 g/mol. The molecule has 0 aliphatic heterocycles. The number of benzene rings is 1. The Morgan fingerprint density at radius 1 is 1.15 bits per heavy atom. The number of hydrogen-bond acceptors (Lipinski definition) is 4. The predicted molar refractivity (Wildman–Crippen MR) is 79.5 cm³/mol. The number of hydrogen-bond donors (Lipinski definition) is 1. The summed E-state index contributed by atoms with van der Waals surface area (Å²) >= 11 is 1.26. The summed E-state index contributed by atoms with van der Waals surface area (Å²) in [5.41, 5.74) is 3.00. The van der Waals surface area contributed by atoms with Crippen LogP contribution in [0.4, 0.5) is 5.69 Å². The van der Waals surface area contributed by atoms with Crippen molar-refractivity contribution in [1.82, 2.24) is 0 Å². The molecule has 0 bridgehead atoms. The number of aryl methyl sites for hydroxylation is 2. The molecule has 2 aromatic rings. The van der Waals surface area contributed by atoms with E-state index >= 15 is 0 Å². The van der Waals surface area contributed by atoms with Crippen LogP contribution in [0.15, 0.2) is 29.6 Å². The molecule has 0 spiro atoms. The van der Waals surface area contributed by atoms with Gasteiger partial charge in [0.25, 0.3) is 5.91 Å². The molecule has 0 radical (unpaired) electrons. The maximum Gasteiger partial charge on any atom is 0.350 e. The van der Waals surface area contributed by atoms with E-state index in [4.69, 9.17) is 4.74 Å². The lowest BCUT2D eigenvalue weighted by molar-refractivity contribution is 0.0607. The largest absolute Gasteiger partial charge is 0.465 e. The highest BCUT2D eigenvalue weighted by Crippen LogP contribution is 2.28. The minimum absolute atomic E-state index is 0.239. The molecule has 2 rings (SSSR count). The third-order valence-electron chi connectivity index (χ3n) is 2.90. The molecule has 0 aliphatic carbocycles. The summed E-state index contributed by atoms with van der Waals surface area (Å²) in [6.07, 6.45) is 0. The molecule has 0 saturated heterocycles. The van der Waals surface area contributed by atoms with Crippen LogP contribution < -0.4 is 5.32 Å². The zero-order chi connectivity index (χ0) is 14.7. The summed E-state index contributed by atoms with van der Waals surface area (Å²) in [5.74, 6) is -0.682. The lowest BCUT2D eigenvalue weighted by Gasteiger charge is -2.07. The van der Waals surface area contributed by atoms with Crippen molar-refractivity contribution in [3.05, 3.63) is 51.2 Å². The second-order valence-electron chi connectivity index (χ2n) is 4.43. The first-order chi connectivity index (χ1) is 9.52. The molecule has 1 aromatic carbocycles. The number of thiophene rings is 1. The van der Waals surface area contributed by atoms with Gasteiger partial charge in [0.15, 0.2) is 0 Å². The van der Waals surface area contributed by atoms with E-state index in [9.17, 15) is 9.59 Å². The molecule has 1 N–H and O–H groups in total. The van der Waals surface area contributed by atoms with Crippen molar-refractivity contribution in [2.24, 2.45) is 0 Å². The fourth-order valence-electron chi connectivity index (χ4n) is 1.73. The smallest absolute Gasteiger partial charge is 0.350 e. The van der Waals surface area contributed by atoms with Crippen LogP contribution in [0.5, 0.6) is 0 Å². The number of amides is 1. The molecule has 0 atom stereocenters. The third kappa shape index (κ3) is 2.88. The molecule has 5 heteroatoms. The molecule has 1 aromatic heterocycles. The van der Waals surface area contributed by atoms with E-state index < -0.39 is 5.97 Å². The molecular formula is C15H15NO3S. The second-order valence-corrected chi connectivity index (χ2v) is 5.31. The van der Waals surface area contributed by atoms with E-state index in [-0.39, 0.29) is 5.91 Å². The van der Waals surface area contributed by atoms with Crippen LogP contribution in [0, 0.1) is 13.8 Å². The third-order valence-corrected chi connectivity index (χ3v) is 3.98. The molecule has 0 saturated carbocycles. The zero-order valence-electron chi connectivity index (χ0n) is 11.5. The fourth-order valence-corrected chi connectivity index (χ4v) is 2.66.